The number of hydrogen-bond donors (Lipinski definition) is 1. The number of hydrogen-bond acceptors (Lipinski definition) is 3. The number of nitrogens with zero attached hydrogens (tertiary/aromatic N) is 2. The number of unbranched alkanes of at least 4 members (excludes halogenated alkanes) is 3. The topological polar surface area (TPSA) is 28.4 Å². The van der Waals surface area contributed by atoms with Crippen LogP contribution in [0.25, 0.3) is 32.6 Å². The molecule has 3 nitrogen and oxygen atoms in total. The van der Waals surface area contributed by atoms with Crippen molar-refractivity contribution < 1.29 is 5.11 Å². The molecule has 0 amide bonds. The van der Waals surface area contributed by atoms with E-state index in [1.165, 1.54) is 90.9 Å². The van der Waals surface area contributed by atoms with Crippen molar-refractivity contribution in [3.05, 3.63) is 65.5 Å². The Morgan fingerprint density at radius 3 is 2.39 bits per heavy atom. The molecule has 2 aromatic heterocycles. The number of benzene rings is 2. The maximum atomic E-state index is 10.1. The van der Waals surface area contributed by atoms with Gasteiger partial charge in [0.1, 0.15) is 5.75 Å². The minimum Gasteiger partial charge on any atom is -0.508 e. The molecule has 0 unspecified atom stereocenters. The van der Waals surface area contributed by atoms with Gasteiger partial charge in [-0.2, -0.15) is 0 Å². The van der Waals surface area contributed by atoms with Gasteiger partial charge in [-0.25, -0.2) is 0 Å². The van der Waals surface area contributed by atoms with Crippen LogP contribution in [0, 0.1) is 6.92 Å². The van der Waals surface area contributed by atoms with E-state index < -0.39 is 0 Å². The van der Waals surface area contributed by atoms with Crippen molar-refractivity contribution in [1.29, 1.82) is 0 Å². The van der Waals surface area contributed by atoms with Crippen LogP contribution in [0.2, 0.25) is 0 Å². The number of likely N-dealkylation sites (tertiary alicyclic amines) is 1. The van der Waals surface area contributed by atoms with Crippen LogP contribution in [0.5, 0.6) is 5.75 Å². The Hall–Kier alpha value is -2.56. The first-order valence-corrected chi connectivity index (χ1v) is 13.3. The number of rotatable bonds is 9. The Balaban J connectivity index is 1.36. The predicted octanol–water partition coefficient (Wildman–Crippen LogP) is 7.71. The van der Waals surface area contributed by atoms with E-state index in [0.29, 0.717) is 5.75 Å². The number of phenols is 1. The third-order valence-electron chi connectivity index (χ3n) is 7.04. The Bertz CT molecular complexity index is 1200. The molecule has 1 N–H and O–H groups in total. The molecule has 1 aliphatic rings. The SMILES string of the molecule is Cc1c(-c2cc(-c3ccccc3)cs2)n(CCCCCCN2CCCC2)c2ccc(O)cc12. The lowest BCUT2D eigenvalue weighted by Gasteiger charge is -2.14. The molecule has 0 bridgehead atoms. The van der Waals surface area contributed by atoms with E-state index in [9.17, 15) is 5.11 Å². The fourth-order valence-corrected chi connectivity index (χ4v) is 6.30. The summed E-state index contributed by atoms with van der Waals surface area (Å²) in [6, 6.07) is 18.8. The smallest absolute Gasteiger partial charge is 0.116 e. The molecule has 0 aliphatic carbocycles. The second kappa shape index (κ2) is 10.1. The third kappa shape index (κ3) is 4.87. The first-order chi connectivity index (χ1) is 16.2. The number of aromatic hydroxyl groups is 1. The van der Waals surface area contributed by atoms with Crippen LogP contribution in [0.15, 0.2) is 60.0 Å². The van der Waals surface area contributed by atoms with E-state index >= 15 is 0 Å². The van der Waals surface area contributed by atoms with Gasteiger partial charge in [-0.05, 0) is 98.6 Å². The number of phenolic OH excluding ortho intramolecular Hbond substituents is 1. The molecular weight excluding hydrogens is 424 g/mol. The van der Waals surface area contributed by atoms with Gasteiger partial charge in [-0.15, -0.1) is 11.3 Å². The van der Waals surface area contributed by atoms with Gasteiger partial charge in [-0.3, -0.25) is 0 Å². The van der Waals surface area contributed by atoms with Gasteiger partial charge in [-0.1, -0.05) is 43.2 Å². The van der Waals surface area contributed by atoms with Crippen molar-refractivity contribution in [2.75, 3.05) is 19.6 Å². The summed E-state index contributed by atoms with van der Waals surface area (Å²) < 4.78 is 2.49. The monoisotopic (exact) mass is 458 g/mol. The molecule has 2 aromatic carbocycles. The van der Waals surface area contributed by atoms with E-state index in [4.69, 9.17) is 0 Å². The molecular formula is C29H34N2OS. The van der Waals surface area contributed by atoms with E-state index in [0.717, 1.165) is 11.9 Å². The maximum Gasteiger partial charge on any atom is 0.116 e. The molecule has 1 aliphatic heterocycles. The molecule has 4 aromatic rings. The van der Waals surface area contributed by atoms with Gasteiger partial charge < -0.3 is 14.6 Å². The van der Waals surface area contributed by atoms with Crippen LogP contribution >= 0.6 is 11.3 Å². The van der Waals surface area contributed by atoms with E-state index in [1.54, 1.807) is 0 Å². The lowest BCUT2D eigenvalue weighted by molar-refractivity contribution is 0.327. The van der Waals surface area contributed by atoms with Crippen LogP contribution in [0.4, 0.5) is 0 Å². The Kier molecular flexibility index (Phi) is 6.84. The molecule has 1 fully saturated rings. The number of fused-ring (bicyclic) bond motifs is 1. The van der Waals surface area contributed by atoms with E-state index in [2.05, 4.69) is 64.2 Å². The minimum atomic E-state index is 0.340. The fraction of sp³-hybridized carbons (Fsp3) is 0.379. The first kappa shape index (κ1) is 22.2. The summed E-state index contributed by atoms with van der Waals surface area (Å²) in [5, 5.41) is 13.6. The lowest BCUT2D eigenvalue weighted by Crippen LogP contribution is -2.20. The number of aromatic nitrogens is 1. The molecule has 1 saturated heterocycles. The van der Waals surface area contributed by atoms with Gasteiger partial charge in [0.05, 0.1) is 10.6 Å². The van der Waals surface area contributed by atoms with Crippen LogP contribution in [-0.4, -0.2) is 34.2 Å². The quantitative estimate of drug-likeness (QED) is 0.260. The maximum absolute atomic E-state index is 10.1. The molecule has 172 valence electrons. The summed E-state index contributed by atoms with van der Waals surface area (Å²) in [5.41, 5.74) is 6.33. The molecule has 0 saturated carbocycles. The van der Waals surface area contributed by atoms with Gasteiger partial charge >= 0.3 is 0 Å². The molecule has 4 heteroatoms. The second-order valence-corrected chi connectivity index (χ2v) is 10.3. The van der Waals surface area contributed by atoms with Crippen LogP contribution in [-0.2, 0) is 6.54 Å². The van der Waals surface area contributed by atoms with Gasteiger partial charge in [0, 0.05) is 17.4 Å². The van der Waals surface area contributed by atoms with Crippen molar-refractivity contribution in [2.24, 2.45) is 0 Å². The largest absolute Gasteiger partial charge is 0.508 e. The highest BCUT2D eigenvalue weighted by molar-refractivity contribution is 7.14. The molecule has 0 atom stereocenters. The first-order valence-electron chi connectivity index (χ1n) is 12.4. The number of aryl methyl sites for hydroxylation is 2. The zero-order valence-electron chi connectivity index (χ0n) is 19.6. The zero-order valence-corrected chi connectivity index (χ0v) is 20.4. The molecule has 0 spiro atoms. The van der Waals surface area contributed by atoms with Gasteiger partial charge in [0.2, 0.25) is 0 Å². The summed E-state index contributed by atoms with van der Waals surface area (Å²) in [6.45, 7) is 7.10. The third-order valence-corrected chi connectivity index (χ3v) is 7.98. The summed E-state index contributed by atoms with van der Waals surface area (Å²) in [5.74, 6) is 0.340. The normalized spacial score (nSPS) is 14.5. The standard InChI is InChI=1S/C29H34N2OS/c1-22-26-20-25(32)13-14-27(26)31(18-8-3-2-7-15-30-16-9-10-17-30)29(22)28-19-24(21-33-28)23-11-5-4-6-12-23/h4-6,11-14,19-21,32H,2-3,7-10,15-18H2,1H3. The summed E-state index contributed by atoms with van der Waals surface area (Å²) >= 11 is 1.82. The highest BCUT2D eigenvalue weighted by Gasteiger charge is 2.18. The Labute approximate surface area is 201 Å². The average molecular weight is 459 g/mol. The van der Waals surface area contributed by atoms with Crippen molar-refractivity contribution in [1.82, 2.24) is 9.47 Å². The van der Waals surface area contributed by atoms with Crippen molar-refractivity contribution >= 4 is 22.2 Å². The molecule has 3 heterocycles. The Morgan fingerprint density at radius 2 is 1.61 bits per heavy atom. The average Bonchev–Trinajstić information content (AvgIpc) is 3.57. The minimum absolute atomic E-state index is 0.340. The molecule has 5 rings (SSSR count). The van der Waals surface area contributed by atoms with Gasteiger partial charge in [0.25, 0.3) is 0 Å². The predicted molar refractivity (Wildman–Crippen MR) is 141 cm³/mol. The van der Waals surface area contributed by atoms with Crippen LogP contribution in [0.1, 0.15) is 44.1 Å². The summed E-state index contributed by atoms with van der Waals surface area (Å²) in [4.78, 5) is 3.92. The van der Waals surface area contributed by atoms with E-state index in [1.807, 2.05) is 23.5 Å². The summed E-state index contributed by atoms with van der Waals surface area (Å²) in [6.07, 6.45) is 7.84. The highest BCUT2D eigenvalue weighted by atomic mass is 32.1. The summed E-state index contributed by atoms with van der Waals surface area (Å²) in [7, 11) is 0. The molecule has 0 radical (unpaired) electrons. The second-order valence-electron chi connectivity index (χ2n) is 9.36. The number of thiophene rings is 1. The highest BCUT2D eigenvalue weighted by Crippen LogP contribution is 2.40. The van der Waals surface area contributed by atoms with Crippen molar-refractivity contribution in [3.8, 4) is 27.4 Å². The Morgan fingerprint density at radius 1 is 0.848 bits per heavy atom. The lowest BCUT2D eigenvalue weighted by atomic mass is 10.1. The van der Waals surface area contributed by atoms with Crippen LogP contribution < -0.4 is 0 Å². The van der Waals surface area contributed by atoms with Gasteiger partial charge in [0.15, 0.2) is 0 Å². The molecule has 33 heavy (non-hydrogen) atoms. The van der Waals surface area contributed by atoms with Crippen LogP contribution in [0.3, 0.4) is 0 Å². The zero-order chi connectivity index (χ0) is 22.6. The van der Waals surface area contributed by atoms with Crippen molar-refractivity contribution in [3.63, 3.8) is 0 Å². The van der Waals surface area contributed by atoms with E-state index in [-0.39, 0.29) is 0 Å². The fourth-order valence-electron chi connectivity index (χ4n) is 5.27. The van der Waals surface area contributed by atoms with Crippen molar-refractivity contribution in [2.45, 2.75) is 52.0 Å².